The average Bonchev–Trinajstić information content (AvgIpc) is 3.58. The number of aryl methyl sites for hydroxylation is 2. The zero-order valence-electron chi connectivity index (χ0n) is 26.9. The number of fused-ring (bicyclic) bond motifs is 2. The number of hydrogen-bond donors (Lipinski definition) is 2. The number of hydrogen-bond acceptors (Lipinski definition) is 7. The lowest BCUT2D eigenvalue weighted by Gasteiger charge is -2.22. The minimum absolute atomic E-state index is 0.0200. The maximum atomic E-state index is 14.5. The Morgan fingerprint density at radius 1 is 1.02 bits per heavy atom. The molecule has 0 bridgehead atoms. The molecule has 0 spiro atoms. The first kappa shape index (κ1) is 35.3. The van der Waals surface area contributed by atoms with Crippen LogP contribution < -0.4 is 15.6 Å². The third kappa shape index (κ3) is 6.54. The highest BCUT2D eigenvalue weighted by Gasteiger charge is 2.41. The molecule has 6 aromatic rings. The molecule has 2 N–H and O–H groups in total. The van der Waals surface area contributed by atoms with Gasteiger partial charge in [0.2, 0.25) is 0 Å². The summed E-state index contributed by atoms with van der Waals surface area (Å²) in [5, 5.41) is 12.9. The summed E-state index contributed by atoms with van der Waals surface area (Å²) in [5.41, 5.74) is 1.70. The summed E-state index contributed by atoms with van der Waals surface area (Å²) in [7, 11) is 3.31. The minimum Gasteiger partial charge on any atom is -0.313 e. The third-order valence-electron chi connectivity index (χ3n) is 8.23. The van der Waals surface area contributed by atoms with Gasteiger partial charge in [0, 0.05) is 30.6 Å². The van der Waals surface area contributed by atoms with E-state index < -0.39 is 42.1 Å². The molecule has 0 amide bonds. The van der Waals surface area contributed by atoms with E-state index in [2.05, 4.69) is 20.2 Å². The SMILES string of the molecule is CNC(Cc1cc(F)cc(F)c1)c1nc2cc(-c3cc(C)n(CC(F)(F)C(F)F)n3)ccc2c(=O)n1-c1ccc(Cl)c2c(NSC)nn(C)c12. The molecule has 262 valence electrons. The quantitative estimate of drug-likeness (QED) is 0.105. The van der Waals surface area contributed by atoms with Gasteiger partial charge in [0.1, 0.15) is 24.0 Å². The van der Waals surface area contributed by atoms with Crippen molar-refractivity contribution in [2.24, 2.45) is 7.05 Å². The number of likely N-dealkylation sites (N-methyl/N-ethyl adjacent to an activating group) is 1. The molecule has 9 nitrogen and oxygen atoms in total. The number of halogens is 7. The monoisotopic (exact) mass is 734 g/mol. The first-order valence-electron chi connectivity index (χ1n) is 15.1. The fraction of sp³-hybridized carbons (Fsp3) is 0.273. The van der Waals surface area contributed by atoms with Crippen molar-refractivity contribution in [3.8, 4) is 16.9 Å². The number of rotatable bonds is 11. The summed E-state index contributed by atoms with van der Waals surface area (Å²) in [5.74, 6) is -5.19. The molecule has 6 rings (SSSR count). The number of alkyl halides is 4. The topological polar surface area (TPSA) is 94.6 Å². The molecule has 3 aromatic carbocycles. The van der Waals surface area contributed by atoms with E-state index in [1.165, 1.54) is 47.7 Å². The fourth-order valence-corrected chi connectivity index (χ4v) is 6.48. The van der Waals surface area contributed by atoms with E-state index in [9.17, 15) is 31.1 Å². The fourth-order valence-electron chi connectivity index (χ4n) is 5.90. The van der Waals surface area contributed by atoms with Crippen LogP contribution in [0, 0.1) is 18.6 Å². The highest BCUT2D eigenvalue weighted by molar-refractivity contribution is 7.99. The van der Waals surface area contributed by atoms with E-state index in [0.29, 0.717) is 38.6 Å². The van der Waals surface area contributed by atoms with Gasteiger partial charge in [0.15, 0.2) is 5.82 Å². The molecule has 0 saturated carbocycles. The first-order valence-corrected chi connectivity index (χ1v) is 16.7. The van der Waals surface area contributed by atoms with Crippen LogP contribution in [0.4, 0.5) is 32.2 Å². The zero-order valence-corrected chi connectivity index (χ0v) is 28.5. The normalized spacial score (nSPS) is 12.8. The Hall–Kier alpha value is -4.54. The molecular formula is C33H29ClF6N8OS. The Morgan fingerprint density at radius 3 is 2.40 bits per heavy atom. The van der Waals surface area contributed by atoms with Gasteiger partial charge in [-0.3, -0.25) is 18.7 Å². The Bertz CT molecular complexity index is 2290. The van der Waals surface area contributed by atoms with E-state index in [0.717, 1.165) is 10.7 Å². The Morgan fingerprint density at radius 2 is 1.74 bits per heavy atom. The maximum absolute atomic E-state index is 14.5. The highest BCUT2D eigenvalue weighted by Crippen LogP contribution is 2.36. The van der Waals surface area contributed by atoms with E-state index in [1.54, 1.807) is 43.0 Å². The van der Waals surface area contributed by atoms with E-state index in [-0.39, 0.29) is 34.5 Å². The van der Waals surface area contributed by atoms with E-state index in [1.807, 2.05) is 6.26 Å². The van der Waals surface area contributed by atoms with Crippen LogP contribution in [0.3, 0.4) is 0 Å². The second-order valence-corrected chi connectivity index (χ2v) is 12.6. The minimum atomic E-state index is -4.29. The van der Waals surface area contributed by atoms with Gasteiger partial charge in [-0.1, -0.05) is 29.6 Å². The molecule has 0 aliphatic carbocycles. The number of nitrogens with zero attached hydrogens (tertiary/aromatic N) is 6. The van der Waals surface area contributed by atoms with Crippen LogP contribution in [0.2, 0.25) is 5.02 Å². The van der Waals surface area contributed by atoms with Crippen molar-refractivity contribution in [3.05, 3.63) is 98.7 Å². The Kier molecular flexibility index (Phi) is 9.63. The van der Waals surface area contributed by atoms with Crippen molar-refractivity contribution in [3.63, 3.8) is 0 Å². The third-order valence-corrected chi connectivity index (χ3v) is 8.94. The molecule has 0 aliphatic heterocycles. The summed E-state index contributed by atoms with van der Waals surface area (Å²) in [6.07, 6.45) is -2.03. The number of anilines is 1. The van der Waals surface area contributed by atoms with Gasteiger partial charge < -0.3 is 10.0 Å². The van der Waals surface area contributed by atoms with Gasteiger partial charge in [0.05, 0.1) is 44.3 Å². The lowest BCUT2D eigenvalue weighted by Crippen LogP contribution is -2.32. The van der Waals surface area contributed by atoms with Gasteiger partial charge in [-0.2, -0.15) is 19.0 Å². The molecule has 1 atom stereocenters. The summed E-state index contributed by atoms with van der Waals surface area (Å²) < 4.78 is 88.9. The second kappa shape index (κ2) is 13.6. The van der Waals surface area contributed by atoms with Crippen LogP contribution in [-0.4, -0.2) is 54.8 Å². The standard InChI is InChI=1S/C33H29ClF6N8OS/c1-16-9-23(43-47(16)15-33(39,40)32(37)38)18-5-6-21-24(13-18)42-30(25(41-2)12-17-10-19(35)14-20(36)11-17)48(31(21)49)26-8-7-22(34)27-28(26)46(3)44-29(27)45-50-4/h5-11,13-14,25,32,41H,12,15H2,1-4H3,(H,44,45). The van der Waals surface area contributed by atoms with Crippen molar-refractivity contribution in [1.29, 1.82) is 0 Å². The number of nitrogens with one attached hydrogen (secondary N) is 2. The van der Waals surface area contributed by atoms with E-state index in [4.69, 9.17) is 16.6 Å². The van der Waals surface area contributed by atoms with Crippen LogP contribution >= 0.6 is 23.5 Å². The average molecular weight is 735 g/mol. The molecule has 50 heavy (non-hydrogen) atoms. The summed E-state index contributed by atoms with van der Waals surface area (Å²) in [4.78, 5) is 19.4. The van der Waals surface area contributed by atoms with Crippen LogP contribution in [-0.2, 0) is 20.0 Å². The smallest absolute Gasteiger partial charge is 0.313 e. The first-order chi connectivity index (χ1) is 23.7. The molecule has 0 fully saturated rings. The summed E-state index contributed by atoms with van der Waals surface area (Å²) in [6.45, 7) is 0.145. The largest absolute Gasteiger partial charge is 0.326 e. The predicted molar refractivity (Wildman–Crippen MR) is 183 cm³/mol. The summed E-state index contributed by atoms with van der Waals surface area (Å²) >= 11 is 7.94. The number of benzene rings is 3. The molecule has 0 aliphatic rings. The molecule has 0 radical (unpaired) electrons. The molecule has 3 aromatic heterocycles. The van der Waals surface area contributed by atoms with Crippen molar-refractivity contribution >= 4 is 51.2 Å². The molecule has 3 heterocycles. The van der Waals surface area contributed by atoms with Crippen molar-refractivity contribution < 1.29 is 26.3 Å². The highest BCUT2D eigenvalue weighted by atomic mass is 35.5. The zero-order chi connectivity index (χ0) is 36.1. The van der Waals surface area contributed by atoms with Crippen molar-refractivity contribution in [1.82, 2.24) is 34.4 Å². The molecular weight excluding hydrogens is 706 g/mol. The summed E-state index contributed by atoms with van der Waals surface area (Å²) in [6, 6.07) is 11.7. The van der Waals surface area contributed by atoms with Gasteiger partial charge in [-0.25, -0.2) is 22.5 Å². The Labute approximate surface area is 290 Å². The number of aromatic nitrogens is 6. The van der Waals surface area contributed by atoms with Crippen LogP contribution in [0.25, 0.3) is 38.8 Å². The maximum Gasteiger partial charge on any atom is 0.326 e. The van der Waals surface area contributed by atoms with Gasteiger partial charge in [-0.05, 0) is 68.4 Å². The van der Waals surface area contributed by atoms with Gasteiger partial charge in [-0.15, -0.1) is 0 Å². The van der Waals surface area contributed by atoms with E-state index >= 15 is 0 Å². The van der Waals surface area contributed by atoms with Crippen molar-refractivity contribution in [2.45, 2.75) is 38.3 Å². The predicted octanol–water partition coefficient (Wildman–Crippen LogP) is 7.47. The lowest BCUT2D eigenvalue weighted by molar-refractivity contribution is -0.139. The lowest BCUT2D eigenvalue weighted by atomic mass is 10.0. The molecule has 0 saturated heterocycles. The molecule has 17 heteroatoms. The molecule has 1 unspecified atom stereocenters. The van der Waals surface area contributed by atoms with Crippen LogP contribution in [0.5, 0.6) is 0 Å². The van der Waals surface area contributed by atoms with Crippen LogP contribution in [0.1, 0.15) is 23.1 Å². The second-order valence-electron chi connectivity index (χ2n) is 11.6. The Balaban J connectivity index is 1.58. The van der Waals surface area contributed by atoms with Crippen molar-refractivity contribution in [2.75, 3.05) is 18.0 Å². The van der Waals surface area contributed by atoms with Gasteiger partial charge >= 0.3 is 12.3 Å². The van der Waals surface area contributed by atoms with Gasteiger partial charge in [0.25, 0.3) is 5.56 Å². The van der Waals surface area contributed by atoms with Crippen LogP contribution in [0.15, 0.2) is 59.4 Å².